The van der Waals surface area contributed by atoms with Crippen LogP contribution in [0, 0.1) is 11.3 Å². The Morgan fingerprint density at radius 1 is 1.25 bits per heavy atom. The van der Waals surface area contributed by atoms with E-state index < -0.39 is 11.9 Å². The summed E-state index contributed by atoms with van der Waals surface area (Å²) in [4.78, 5) is 24.3. The number of nitriles is 1. The van der Waals surface area contributed by atoms with E-state index in [2.05, 4.69) is 27.8 Å². The number of nitrogens with zero attached hydrogens (tertiary/aromatic N) is 1. The molecule has 0 bridgehead atoms. The second-order valence-corrected chi connectivity index (χ2v) is 6.30. The van der Waals surface area contributed by atoms with Gasteiger partial charge in [0, 0.05) is 11.0 Å². The molecular weight excluding hydrogens is 424 g/mol. The molecule has 6 nitrogen and oxygen atoms in total. The zero-order valence-electron chi connectivity index (χ0n) is 15.1. The maximum absolute atomic E-state index is 12.4. The number of benzene rings is 2. The summed E-state index contributed by atoms with van der Waals surface area (Å²) in [7, 11) is 1.43. The van der Waals surface area contributed by atoms with Gasteiger partial charge in [-0.05, 0) is 51.8 Å². The fourth-order valence-electron chi connectivity index (χ4n) is 2.22. The van der Waals surface area contributed by atoms with Crippen LogP contribution in [0.1, 0.15) is 15.9 Å². The largest absolute Gasteiger partial charge is 0.493 e. The molecule has 0 saturated heterocycles. The molecule has 2 aromatic carbocycles. The Balaban J connectivity index is 2.26. The first-order chi connectivity index (χ1) is 13.5. The highest BCUT2D eigenvalue weighted by Crippen LogP contribution is 2.30. The number of carbonyl (C=O) groups is 2. The van der Waals surface area contributed by atoms with E-state index in [-0.39, 0.29) is 23.6 Å². The normalized spacial score (nSPS) is 10.5. The third kappa shape index (κ3) is 5.32. The number of ether oxygens (including phenoxy) is 2. The van der Waals surface area contributed by atoms with E-state index in [0.29, 0.717) is 15.6 Å². The number of amides is 1. The molecular formula is C21H17BrN2O4. The van der Waals surface area contributed by atoms with Crippen molar-refractivity contribution in [1.82, 2.24) is 5.32 Å². The van der Waals surface area contributed by atoms with Crippen LogP contribution in [0.15, 0.2) is 65.2 Å². The van der Waals surface area contributed by atoms with E-state index in [9.17, 15) is 14.9 Å². The third-order valence-corrected chi connectivity index (χ3v) is 4.26. The van der Waals surface area contributed by atoms with E-state index in [1.807, 2.05) is 6.07 Å². The number of rotatable bonds is 7. The molecule has 7 heteroatoms. The number of hydrogen-bond acceptors (Lipinski definition) is 5. The minimum absolute atomic E-state index is 0.0677. The molecule has 0 saturated carbocycles. The van der Waals surface area contributed by atoms with E-state index in [4.69, 9.17) is 9.47 Å². The first kappa shape index (κ1) is 20.9. The van der Waals surface area contributed by atoms with Gasteiger partial charge >= 0.3 is 5.97 Å². The van der Waals surface area contributed by atoms with Crippen LogP contribution < -0.4 is 14.8 Å². The Hall–Kier alpha value is -3.37. The molecule has 0 aliphatic rings. The van der Waals surface area contributed by atoms with Crippen LogP contribution in [0.25, 0.3) is 6.08 Å². The van der Waals surface area contributed by atoms with E-state index in [1.165, 1.54) is 25.3 Å². The highest BCUT2D eigenvalue weighted by Gasteiger charge is 2.15. The number of halogens is 1. The molecule has 28 heavy (non-hydrogen) atoms. The summed E-state index contributed by atoms with van der Waals surface area (Å²) in [6.45, 7) is 3.76. The van der Waals surface area contributed by atoms with Crippen molar-refractivity contribution in [3.8, 4) is 17.6 Å². The molecule has 2 rings (SSSR count). The first-order valence-electron chi connectivity index (χ1n) is 8.15. The lowest BCUT2D eigenvalue weighted by Gasteiger charge is -2.11. The fourth-order valence-corrected chi connectivity index (χ4v) is 2.66. The van der Waals surface area contributed by atoms with Gasteiger partial charge in [0.1, 0.15) is 11.6 Å². The molecule has 2 aromatic rings. The fraction of sp³-hybridized carbons (Fsp3) is 0.0952. The van der Waals surface area contributed by atoms with Gasteiger partial charge < -0.3 is 14.8 Å². The Labute approximate surface area is 171 Å². The maximum atomic E-state index is 12.4. The standard InChI is InChI=1S/C21H17BrN2O4/c1-3-10-24-20(25)15(13-23)11-14-8-9-18(19(12-14)27-2)28-21(26)16-6-4-5-7-17(16)22/h3-9,11-12H,1,10H2,2H3,(H,24,25)/b15-11+. The number of esters is 1. The van der Waals surface area contributed by atoms with Gasteiger partial charge in [0.2, 0.25) is 0 Å². The number of carbonyl (C=O) groups excluding carboxylic acids is 2. The summed E-state index contributed by atoms with van der Waals surface area (Å²) >= 11 is 3.31. The zero-order valence-corrected chi connectivity index (χ0v) is 16.7. The molecule has 142 valence electrons. The molecule has 0 aliphatic carbocycles. The van der Waals surface area contributed by atoms with Crippen LogP contribution in [0.5, 0.6) is 11.5 Å². The highest BCUT2D eigenvalue weighted by molar-refractivity contribution is 9.10. The van der Waals surface area contributed by atoms with Crippen molar-refractivity contribution in [2.45, 2.75) is 0 Å². The molecule has 1 N–H and O–H groups in total. The van der Waals surface area contributed by atoms with Crippen molar-refractivity contribution in [3.63, 3.8) is 0 Å². The third-order valence-electron chi connectivity index (χ3n) is 3.57. The van der Waals surface area contributed by atoms with Crippen molar-refractivity contribution < 1.29 is 19.1 Å². The van der Waals surface area contributed by atoms with Gasteiger partial charge in [-0.2, -0.15) is 5.26 Å². The summed E-state index contributed by atoms with van der Waals surface area (Å²) < 4.78 is 11.3. The SMILES string of the molecule is C=CCNC(=O)/C(C#N)=C/c1ccc(OC(=O)c2ccccc2Br)c(OC)c1. The minimum atomic E-state index is -0.546. The second-order valence-electron chi connectivity index (χ2n) is 5.45. The summed E-state index contributed by atoms with van der Waals surface area (Å²) in [6.07, 6.45) is 2.94. The van der Waals surface area contributed by atoms with Gasteiger partial charge in [-0.1, -0.05) is 24.3 Å². The van der Waals surface area contributed by atoms with E-state index >= 15 is 0 Å². The van der Waals surface area contributed by atoms with Gasteiger partial charge in [0.05, 0.1) is 12.7 Å². The van der Waals surface area contributed by atoms with Crippen LogP contribution in [0.2, 0.25) is 0 Å². The van der Waals surface area contributed by atoms with Crippen molar-refractivity contribution in [2.75, 3.05) is 13.7 Å². The second kappa shape index (κ2) is 10.1. The van der Waals surface area contributed by atoms with Gasteiger partial charge in [-0.25, -0.2) is 4.79 Å². The molecule has 0 aliphatic heterocycles. The topological polar surface area (TPSA) is 88.4 Å². The highest BCUT2D eigenvalue weighted by atomic mass is 79.9. The molecule has 1 amide bonds. The lowest BCUT2D eigenvalue weighted by molar-refractivity contribution is -0.116. The molecule has 0 spiro atoms. The number of nitrogens with one attached hydrogen (secondary N) is 1. The smallest absolute Gasteiger partial charge is 0.344 e. The van der Waals surface area contributed by atoms with Crippen LogP contribution in [-0.4, -0.2) is 25.5 Å². The monoisotopic (exact) mass is 440 g/mol. The predicted octanol–water partition coefficient (Wildman–Crippen LogP) is 3.89. The van der Waals surface area contributed by atoms with Crippen molar-refractivity contribution in [2.24, 2.45) is 0 Å². The summed E-state index contributed by atoms with van der Waals surface area (Å²) in [5.41, 5.74) is 0.851. The molecule has 0 aromatic heterocycles. The summed E-state index contributed by atoms with van der Waals surface area (Å²) in [5.74, 6) is -0.547. The molecule has 0 fully saturated rings. The quantitative estimate of drug-likeness (QED) is 0.232. The summed E-state index contributed by atoms with van der Waals surface area (Å²) in [5, 5.41) is 11.7. The Morgan fingerprint density at radius 2 is 2.00 bits per heavy atom. The first-order valence-corrected chi connectivity index (χ1v) is 8.95. The van der Waals surface area contributed by atoms with Crippen molar-refractivity contribution >= 4 is 33.9 Å². The van der Waals surface area contributed by atoms with Gasteiger partial charge in [0.15, 0.2) is 11.5 Å². The van der Waals surface area contributed by atoms with Crippen LogP contribution in [-0.2, 0) is 4.79 Å². The maximum Gasteiger partial charge on any atom is 0.344 e. The molecule has 0 unspecified atom stereocenters. The van der Waals surface area contributed by atoms with Crippen molar-refractivity contribution in [1.29, 1.82) is 5.26 Å². The zero-order chi connectivity index (χ0) is 20.5. The predicted molar refractivity (Wildman–Crippen MR) is 109 cm³/mol. The average molecular weight is 441 g/mol. The van der Waals surface area contributed by atoms with Gasteiger partial charge in [-0.3, -0.25) is 4.79 Å². The van der Waals surface area contributed by atoms with Gasteiger partial charge in [-0.15, -0.1) is 6.58 Å². The van der Waals surface area contributed by atoms with E-state index in [0.717, 1.165) is 0 Å². The van der Waals surface area contributed by atoms with Crippen molar-refractivity contribution in [3.05, 3.63) is 76.3 Å². The number of hydrogen-bond donors (Lipinski definition) is 1. The Kier molecular flexibility index (Phi) is 7.55. The lowest BCUT2D eigenvalue weighted by atomic mass is 10.1. The molecule has 0 radical (unpaired) electrons. The van der Waals surface area contributed by atoms with E-state index in [1.54, 1.807) is 36.4 Å². The minimum Gasteiger partial charge on any atom is -0.493 e. The van der Waals surface area contributed by atoms with Crippen LogP contribution in [0.4, 0.5) is 0 Å². The van der Waals surface area contributed by atoms with Gasteiger partial charge in [0.25, 0.3) is 5.91 Å². The summed E-state index contributed by atoms with van der Waals surface area (Å²) in [6, 6.07) is 13.5. The van der Waals surface area contributed by atoms with Crippen LogP contribution in [0.3, 0.4) is 0 Å². The Bertz CT molecular complexity index is 977. The molecule has 0 atom stereocenters. The average Bonchev–Trinajstić information content (AvgIpc) is 2.71. The van der Waals surface area contributed by atoms with Crippen LogP contribution >= 0.6 is 15.9 Å². The molecule has 0 heterocycles. The Morgan fingerprint density at radius 3 is 2.64 bits per heavy atom. The lowest BCUT2D eigenvalue weighted by Crippen LogP contribution is -2.24. The number of methoxy groups -OCH3 is 1.